The fourth-order valence-electron chi connectivity index (χ4n) is 3.92. The predicted octanol–water partition coefficient (Wildman–Crippen LogP) is 3.52. The molecule has 0 aliphatic carbocycles. The summed E-state index contributed by atoms with van der Waals surface area (Å²) in [4.78, 5) is 8.37. The van der Waals surface area contributed by atoms with Gasteiger partial charge in [0.15, 0.2) is 0 Å². The maximum Gasteiger partial charge on any atom is 0.115 e. The van der Waals surface area contributed by atoms with Gasteiger partial charge in [-0.25, -0.2) is 0 Å². The number of phenolic OH excluding ortho intramolecular Hbond substituents is 1. The molecule has 4 nitrogen and oxygen atoms in total. The van der Waals surface area contributed by atoms with Gasteiger partial charge in [0.25, 0.3) is 0 Å². The first-order valence-electron chi connectivity index (χ1n) is 8.91. The van der Waals surface area contributed by atoms with E-state index in [0.29, 0.717) is 5.75 Å². The van der Waals surface area contributed by atoms with Crippen LogP contribution in [-0.2, 0) is 0 Å². The molecule has 1 aromatic heterocycles. The van der Waals surface area contributed by atoms with Gasteiger partial charge >= 0.3 is 0 Å². The van der Waals surface area contributed by atoms with Crippen LogP contribution in [0.4, 0.5) is 0 Å². The number of piperazine rings is 1. The first-order valence-corrected chi connectivity index (χ1v) is 8.91. The molecule has 1 aliphatic rings. The van der Waals surface area contributed by atoms with Crippen molar-refractivity contribution in [3.05, 3.63) is 65.4 Å². The average molecular weight is 335 g/mol. The Labute approximate surface area is 148 Å². The Bertz CT molecular complexity index is 878. The van der Waals surface area contributed by atoms with Crippen LogP contribution in [0.1, 0.15) is 22.7 Å². The van der Waals surface area contributed by atoms with Crippen LogP contribution in [0.2, 0.25) is 0 Å². The Morgan fingerprint density at radius 2 is 1.80 bits per heavy atom. The minimum Gasteiger partial charge on any atom is -0.508 e. The SMILES string of the molecule is Cc1cccc2c(C(c3cccc(O)c3)N3CCN(C)CC3)c[nH]c12. The highest BCUT2D eigenvalue weighted by molar-refractivity contribution is 5.86. The fourth-order valence-corrected chi connectivity index (χ4v) is 3.92. The minimum atomic E-state index is 0.149. The standard InChI is InChI=1S/C21H25N3O/c1-15-5-3-8-18-19(14-22-20(15)18)21(16-6-4-7-17(25)13-16)24-11-9-23(2)10-12-24/h3-8,13-14,21-22,25H,9-12H2,1-2H3. The zero-order chi connectivity index (χ0) is 17.4. The summed E-state index contributed by atoms with van der Waals surface area (Å²) in [7, 11) is 2.18. The number of aromatic hydroxyl groups is 1. The van der Waals surface area contributed by atoms with Crippen LogP contribution in [-0.4, -0.2) is 53.1 Å². The smallest absolute Gasteiger partial charge is 0.115 e. The van der Waals surface area contributed by atoms with Crippen molar-refractivity contribution >= 4 is 10.9 Å². The van der Waals surface area contributed by atoms with Gasteiger partial charge in [-0.1, -0.05) is 30.3 Å². The number of aryl methyl sites for hydroxylation is 1. The molecule has 4 rings (SSSR count). The van der Waals surface area contributed by atoms with Crippen LogP contribution in [0, 0.1) is 6.92 Å². The Morgan fingerprint density at radius 1 is 1.04 bits per heavy atom. The second kappa shape index (κ2) is 6.54. The number of hydrogen-bond acceptors (Lipinski definition) is 3. The quantitative estimate of drug-likeness (QED) is 0.770. The van der Waals surface area contributed by atoms with Gasteiger partial charge in [0.05, 0.1) is 6.04 Å². The van der Waals surface area contributed by atoms with E-state index in [2.05, 4.69) is 59.2 Å². The lowest BCUT2D eigenvalue weighted by Crippen LogP contribution is -2.46. The monoisotopic (exact) mass is 335 g/mol. The number of aromatic amines is 1. The summed E-state index contributed by atoms with van der Waals surface area (Å²) in [5.74, 6) is 0.327. The van der Waals surface area contributed by atoms with E-state index in [-0.39, 0.29) is 6.04 Å². The summed E-state index contributed by atoms with van der Waals surface area (Å²) in [5, 5.41) is 11.3. The number of likely N-dealkylation sites (N-methyl/N-ethyl adjacent to an activating group) is 1. The van der Waals surface area contributed by atoms with Gasteiger partial charge in [-0.15, -0.1) is 0 Å². The topological polar surface area (TPSA) is 42.5 Å². The van der Waals surface area contributed by atoms with E-state index in [9.17, 15) is 5.11 Å². The molecular formula is C21H25N3O. The molecule has 0 radical (unpaired) electrons. The number of rotatable bonds is 3. The van der Waals surface area contributed by atoms with Gasteiger partial charge in [0, 0.05) is 43.3 Å². The zero-order valence-corrected chi connectivity index (χ0v) is 14.9. The van der Waals surface area contributed by atoms with Gasteiger partial charge < -0.3 is 15.0 Å². The molecule has 2 heterocycles. The lowest BCUT2D eigenvalue weighted by molar-refractivity contribution is 0.127. The van der Waals surface area contributed by atoms with E-state index in [1.165, 1.54) is 22.0 Å². The van der Waals surface area contributed by atoms with Crippen molar-refractivity contribution in [3.8, 4) is 5.75 Å². The van der Waals surface area contributed by atoms with Gasteiger partial charge in [0.1, 0.15) is 5.75 Å². The fraction of sp³-hybridized carbons (Fsp3) is 0.333. The molecule has 1 saturated heterocycles. The van der Waals surface area contributed by atoms with Crippen LogP contribution in [0.15, 0.2) is 48.7 Å². The Morgan fingerprint density at radius 3 is 2.56 bits per heavy atom. The molecule has 1 fully saturated rings. The summed E-state index contributed by atoms with van der Waals surface area (Å²) < 4.78 is 0. The molecule has 25 heavy (non-hydrogen) atoms. The number of hydrogen-bond donors (Lipinski definition) is 2. The van der Waals surface area contributed by atoms with E-state index in [4.69, 9.17) is 0 Å². The lowest BCUT2D eigenvalue weighted by Gasteiger charge is -2.38. The number of aromatic nitrogens is 1. The van der Waals surface area contributed by atoms with Crippen molar-refractivity contribution in [2.75, 3.05) is 33.2 Å². The highest BCUT2D eigenvalue weighted by Crippen LogP contribution is 2.36. The molecule has 0 saturated carbocycles. The molecular weight excluding hydrogens is 310 g/mol. The van der Waals surface area contributed by atoms with E-state index < -0.39 is 0 Å². The van der Waals surface area contributed by atoms with Crippen molar-refractivity contribution in [2.45, 2.75) is 13.0 Å². The maximum atomic E-state index is 10.0. The first-order chi connectivity index (χ1) is 12.1. The largest absolute Gasteiger partial charge is 0.508 e. The Hall–Kier alpha value is -2.30. The number of nitrogens with one attached hydrogen (secondary N) is 1. The van der Waals surface area contributed by atoms with Crippen molar-refractivity contribution in [3.63, 3.8) is 0 Å². The van der Waals surface area contributed by atoms with Crippen LogP contribution in [0.25, 0.3) is 10.9 Å². The third-order valence-corrected chi connectivity index (χ3v) is 5.34. The van der Waals surface area contributed by atoms with Crippen LogP contribution < -0.4 is 0 Å². The maximum absolute atomic E-state index is 10.0. The molecule has 0 bridgehead atoms. The minimum absolute atomic E-state index is 0.149. The number of phenols is 1. The third-order valence-electron chi connectivity index (χ3n) is 5.34. The molecule has 1 unspecified atom stereocenters. The Kier molecular flexibility index (Phi) is 4.24. The number of nitrogens with zero attached hydrogens (tertiary/aromatic N) is 2. The van der Waals surface area contributed by atoms with E-state index in [1.54, 1.807) is 6.07 Å². The summed E-state index contributed by atoms with van der Waals surface area (Å²) >= 11 is 0. The van der Waals surface area contributed by atoms with Crippen molar-refractivity contribution in [1.29, 1.82) is 0 Å². The second-order valence-electron chi connectivity index (χ2n) is 7.08. The summed E-state index contributed by atoms with van der Waals surface area (Å²) in [6.07, 6.45) is 2.14. The van der Waals surface area contributed by atoms with Gasteiger partial charge in [-0.05, 0) is 42.8 Å². The molecule has 2 N–H and O–H groups in total. The molecule has 3 aromatic rings. The lowest BCUT2D eigenvalue weighted by atomic mass is 9.95. The number of benzene rings is 2. The Balaban J connectivity index is 1.83. The molecule has 4 heteroatoms. The molecule has 130 valence electrons. The first kappa shape index (κ1) is 16.2. The molecule has 2 aromatic carbocycles. The van der Waals surface area contributed by atoms with Crippen molar-refractivity contribution < 1.29 is 5.11 Å². The zero-order valence-electron chi connectivity index (χ0n) is 14.9. The van der Waals surface area contributed by atoms with Gasteiger partial charge in [0.2, 0.25) is 0 Å². The average Bonchev–Trinajstić information content (AvgIpc) is 3.02. The number of para-hydroxylation sites is 1. The molecule has 0 spiro atoms. The highest BCUT2D eigenvalue weighted by atomic mass is 16.3. The van der Waals surface area contributed by atoms with Gasteiger partial charge in [-0.3, -0.25) is 4.90 Å². The normalized spacial score (nSPS) is 17.8. The summed E-state index contributed by atoms with van der Waals surface area (Å²) in [5.41, 5.74) is 4.90. The van der Waals surface area contributed by atoms with Crippen LogP contribution in [0.3, 0.4) is 0 Å². The molecule has 1 atom stereocenters. The van der Waals surface area contributed by atoms with Crippen molar-refractivity contribution in [1.82, 2.24) is 14.8 Å². The summed E-state index contributed by atoms with van der Waals surface area (Å²) in [6, 6.07) is 14.3. The number of H-pyrrole nitrogens is 1. The molecule has 1 aliphatic heterocycles. The van der Waals surface area contributed by atoms with E-state index in [1.807, 2.05) is 12.1 Å². The second-order valence-corrected chi connectivity index (χ2v) is 7.08. The number of fused-ring (bicyclic) bond motifs is 1. The van der Waals surface area contributed by atoms with Crippen LogP contribution >= 0.6 is 0 Å². The third kappa shape index (κ3) is 3.03. The van der Waals surface area contributed by atoms with Crippen LogP contribution in [0.5, 0.6) is 5.75 Å². The van der Waals surface area contributed by atoms with E-state index in [0.717, 1.165) is 31.7 Å². The predicted molar refractivity (Wildman–Crippen MR) is 102 cm³/mol. The van der Waals surface area contributed by atoms with E-state index >= 15 is 0 Å². The summed E-state index contributed by atoms with van der Waals surface area (Å²) in [6.45, 7) is 6.32. The highest BCUT2D eigenvalue weighted by Gasteiger charge is 2.27. The van der Waals surface area contributed by atoms with Gasteiger partial charge in [-0.2, -0.15) is 0 Å². The molecule has 0 amide bonds. The van der Waals surface area contributed by atoms with Crippen molar-refractivity contribution in [2.24, 2.45) is 0 Å².